The van der Waals surface area contributed by atoms with E-state index < -0.39 is 0 Å². The van der Waals surface area contributed by atoms with Crippen molar-refractivity contribution in [3.63, 3.8) is 0 Å². The van der Waals surface area contributed by atoms with Crippen molar-refractivity contribution in [2.45, 2.75) is 39.2 Å². The number of nitrogens with one attached hydrogen (secondary N) is 1. The highest BCUT2D eigenvalue weighted by Crippen LogP contribution is 2.28. The lowest BCUT2D eigenvalue weighted by Gasteiger charge is -2.16. The van der Waals surface area contributed by atoms with Crippen LogP contribution in [0, 0.1) is 0 Å². The van der Waals surface area contributed by atoms with Crippen molar-refractivity contribution in [3.8, 4) is 0 Å². The van der Waals surface area contributed by atoms with Gasteiger partial charge in [-0.05, 0) is 25.0 Å². The molecule has 0 saturated heterocycles. The number of halogens is 2. The molecule has 0 spiro atoms. The van der Waals surface area contributed by atoms with Crippen LogP contribution in [-0.2, 0) is 0 Å². The molecule has 1 atom stereocenters. The summed E-state index contributed by atoms with van der Waals surface area (Å²) in [6.07, 6.45) is 2.89. The van der Waals surface area contributed by atoms with E-state index in [2.05, 4.69) is 12.2 Å². The Kier molecular flexibility index (Phi) is 5.76. The molecule has 100 valence electrons. The van der Waals surface area contributed by atoms with Gasteiger partial charge in [-0.1, -0.05) is 43.5 Å². The van der Waals surface area contributed by atoms with E-state index in [0.29, 0.717) is 21.3 Å². The highest BCUT2D eigenvalue weighted by molar-refractivity contribution is 6.39. The van der Waals surface area contributed by atoms with Crippen LogP contribution in [0.25, 0.3) is 0 Å². The Morgan fingerprint density at radius 2 is 1.89 bits per heavy atom. The van der Waals surface area contributed by atoms with Gasteiger partial charge in [0.15, 0.2) is 0 Å². The van der Waals surface area contributed by atoms with E-state index in [-0.39, 0.29) is 11.9 Å². The number of carbonyl (C=O) groups is 1. The number of carbonyl (C=O) groups excluding carboxylic acids is 1. The molecule has 0 aliphatic heterocycles. The molecule has 0 radical (unpaired) electrons. The second kappa shape index (κ2) is 6.86. The molecule has 0 aliphatic carbocycles. The SMILES string of the molecule is CCCC(CC)NC(=O)c1cc(Cl)c(N)c(Cl)c1. The van der Waals surface area contributed by atoms with Crippen LogP contribution < -0.4 is 11.1 Å². The molecule has 1 unspecified atom stereocenters. The lowest BCUT2D eigenvalue weighted by Crippen LogP contribution is -2.34. The van der Waals surface area contributed by atoms with Gasteiger partial charge in [-0.15, -0.1) is 0 Å². The van der Waals surface area contributed by atoms with Gasteiger partial charge in [-0.2, -0.15) is 0 Å². The molecule has 1 amide bonds. The van der Waals surface area contributed by atoms with E-state index >= 15 is 0 Å². The standard InChI is InChI=1S/C13H18Cl2N2O/c1-3-5-9(4-2)17-13(18)8-6-10(14)12(16)11(15)7-8/h6-7,9H,3-5,16H2,1-2H3,(H,17,18). The van der Waals surface area contributed by atoms with Gasteiger partial charge < -0.3 is 11.1 Å². The monoisotopic (exact) mass is 288 g/mol. The number of rotatable bonds is 5. The predicted molar refractivity (Wildman–Crippen MR) is 77.3 cm³/mol. The maximum Gasteiger partial charge on any atom is 0.251 e. The van der Waals surface area contributed by atoms with Gasteiger partial charge in [0, 0.05) is 11.6 Å². The van der Waals surface area contributed by atoms with Crippen LogP contribution in [0.2, 0.25) is 10.0 Å². The maximum absolute atomic E-state index is 12.0. The first-order chi connectivity index (χ1) is 8.49. The third-order valence-electron chi connectivity index (χ3n) is 2.81. The molecular formula is C13H18Cl2N2O. The van der Waals surface area contributed by atoms with Crippen LogP contribution in [0.15, 0.2) is 12.1 Å². The highest BCUT2D eigenvalue weighted by atomic mass is 35.5. The zero-order valence-electron chi connectivity index (χ0n) is 10.6. The van der Waals surface area contributed by atoms with Crippen molar-refractivity contribution in [1.29, 1.82) is 0 Å². The molecule has 0 bridgehead atoms. The molecule has 3 nitrogen and oxygen atoms in total. The van der Waals surface area contributed by atoms with Crippen molar-refractivity contribution in [2.75, 3.05) is 5.73 Å². The van der Waals surface area contributed by atoms with Gasteiger partial charge in [-0.3, -0.25) is 4.79 Å². The average Bonchev–Trinajstić information content (AvgIpc) is 2.34. The zero-order chi connectivity index (χ0) is 13.7. The molecule has 0 aromatic heterocycles. The number of benzene rings is 1. The Morgan fingerprint density at radius 3 is 2.33 bits per heavy atom. The lowest BCUT2D eigenvalue weighted by molar-refractivity contribution is 0.0934. The number of nitrogen functional groups attached to an aromatic ring is 1. The van der Waals surface area contributed by atoms with E-state index in [9.17, 15) is 4.79 Å². The predicted octanol–water partition coefficient (Wildman–Crippen LogP) is 3.88. The van der Waals surface area contributed by atoms with Crippen molar-refractivity contribution in [3.05, 3.63) is 27.7 Å². The summed E-state index contributed by atoms with van der Waals surface area (Å²) in [5, 5.41) is 3.56. The minimum Gasteiger partial charge on any atom is -0.396 e. The first-order valence-corrected chi connectivity index (χ1v) is 6.80. The highest BCUT2D eigenvalue weighted by Gasteiger charge is 2.14. The molecule has 0 aliphatic rings. The molecule has 0 fully saturated rings. The van der Waals surface area contributed by atoms with E-state index in [1.54, 1.807) is 0 Å². The molecule has 0 saturated carbocycles. The minimum absolute atomic E-state index is 0.167. The van der Waals surface area contributed by atoms with Gasteiger partial charge >= 0.3 is 0 Å². The molecular weight excluding hydrogens is 271 g/mol. The first-order valence-electron chi connectivity index (χ1n) is 6.04. The number of nitrogens with two attached hydrogens (primary N) is 1. The smallest absolute Gasteiger partial charge is 0.251 e. The van der Waals surface area contributed by atoms with E-state index in [4.69, 9.17) is 28.9 Å². The summed E-state index contributed by atoms with van der Waals surface area (Å²) in [6, 6.07) is 3.26. The summed E-state index contributed by atoms with van der Waals surface area (Å²) in [5.74, 6) is -0.167. The Bertz CT molecular complexity index is 412. The van der Waals surface area contributed by atoms with Crippen LogP contribution in [0.5, 0.6) is 0 Å². The molecule has 0 heterocycles. The number of anilines is 1. The Labute approximate surface area is 118 Å². The van der Waals surface area contributed by atoms with Crippen LogP contribution in [-0.4, -0.2) is 11.9 Å². The Morgan fingerprint density at radius 1 is 1.33 bits per heavy atom. The fourth-order valence-electron chi connectivity index (χ4n) is 1.71. The van der Waals surface area contributed by atoms with Crippen molar-refractivity contribution in [1.82, 2.24) is 5.32 Å². The van der Waals surface area contributed by atoms with Crippen LogP contribution >= 0.6 is 23.2 Å². The first kappa shape index (κ1) is 15.1. The lowest BCUT2D eigenvalue weighted by atomic mass is 10.1. The van der Waals surface area contributed by atoms with Crippen LogP contribution in [0.1, 0.15) is 43.5 Å². The largest absolute Gasteiger partial charge is 0.396 e. The van der Waals surface area contributed by atoms with Crippen molar-refractivity contribution < 1.29 is 4.79 Å². The van der Waals surface area contributed by atoms with Gasteiger partial charge in [0.05, 0.1) is 15.7 Å². The van der Waals surface area contributed by atoms with E-state index in [1.165, 1.54) is 12.1 Å². The Hall–Kier alpha value is -0.930. The van der Waals surface area contributed by atoms with E-state index in [0.717, 1.165) is 19.3 Å². The van der Waals surface area contributed by atoms with Crippen LogP contribution in [0.4, 0.5) is 5.69 Å². The van der Waals surface area contributed by atoms with Crippen molar-refractivity contribution >= 4 is 34.8 Å². The zero-order valence-corrected chi connectivity index (χ0v) is 12.1. The van der Waals surface area contributed by atoms with Gasteiger partial charge in [0.25, 0.3) is 5.91 Å². The summed E-state index contributed by atoms with van der Waals surface area (Å²) < 4.78 is 0. The molecule has 1 aromatic carbocycles. The second-order valence-electron chi connectivity index (χ2n) is 4.22. The number of hydrogen-bond acceptors (Lipinski definition) is 2. The van der Waals surface area contributed by atoms with Crippen molar-refractivity contribution in [2.24, 2.45) is 0 Å². The summed E-state index contributed by atoms with van der Waals surface area (Å²) in [6.45, 7) is 4.13. The topological polar surface area (TPSA) is 55.1 Å². The third-order valence-corrected chi connectivity index (χ3v) is 3.43. The fourth-order valence-corrected chi connectivity index (χ4v) is 2.20. The molecule has 1 rings (SSSR count). The summed E-state index contributed by atoms with van der Waals surface area (Å²) in [5.41, 5.74) is 6.37. The maximum atomic E-state index is 12.0. The number of amides is 1. The van der Waals surface area contributed by atoms with Crippen LogP contribution in [0.3, 0.4) is 0 Å². The quantitative estimate of drug-likeness (QED) is 0.808. The Balaban J connectivity index is 2.84. The molecule has 3 N–H and O–H groups in total. The molecule has 5 heteroatoms. The summed E-state index contributed by atoms with van der Waals surface area (Å²) in [4.78, 5) is 12.0. The van der Waals surface area contributed by atoms with E-state index in [1.807, 2.05) is 6.92 Å². The molecule has 18 heavy (non-hydrogen) atoms. The fraction of sp³-hybridized carbons (Fsp3) is 0.462. The minimum atomic E-state index is -0.167. The third kappa shape index (κ3) is 3.79. The average molecular weight is 289 g/mol. The van der Waals surface area contributed by atoms with Gasteiger partial charge in [0.2, 0.25) is 0 Å². The number of hydrogen-bond donors (Lipinski definition) is 2. The van der Waals surface area contributed by atoms with Gasteiger partial charge in [0.1, 0.15) is 0 Å². The second-order valence-corrected chi connectivity index (χ2v) is 5.04. The normalized spacial score (nSPS) is 12.2. The molecule has 1 aromatic rings. The van der Waals surface area contributed by atoms with Gasteiger partial charge in [-0.25, -0.2) is 0 Å². The summed E-state index contributed by atoms with van der Waals surface area (Å²) in [7, 11) is 0. The summed E-state index contributed by atoms with van der Waals surface area (Å²) >= 11 is 11.8.